The summed E-state index contributed by atoms with van der Waals surface area (Å²) in [5.41, 5.74) is 4.96. The molecule has 9 nitrogen and oxygen atoms in total. The lowest BCUT2D eigenvalue weighted by Crippen LogP contribution is -2.54. The number of rotatable bonds is 7. The van der Waals surface area contributed by atoms with Crippen molar-refractivity contribution in [1.29, 1.82) is 0 Å². The van der Waals surface area contributed by atoms with E-state index in [1.54, 1.807) is 24.3 Å². The van der Waals surface area contributed by atoms with Gasteiger partial charge in [-0.15, -0.1) is 0 Å². The summed E-state index contributed by atoms with van der Waals surface area (Å²) in [7, 11) is 1.39. The van der Waals surface area contributed by atoms with Gasteiger partial charge in [0.2, 0.25) is 0 Å². The molecule has 5 amide bonds. The predicted octanol–water partition coefficient (Wildman–Crippen LogP) is 5.27. The molecule has 1 heterocycles. The highest BCUT2D eigenvalue weighted by Crippen LogP contribution is 2.37. The summed E-state index contributed by atoms with van der Waals surface area (Å²) in [5.74, 6) is -1.71. The van der Waals surface area contributed by atoms with Crippen LogP contribution in [-0.4, -0.2) is 37.5 Å². The maximum atomic E-state index is 13.3. The highest BCUT2D eigenvalue weighted by Gasteiger charge is 2.37. The second-order valence-corrected chi connectivity index (χ2v) is 9.75. The molecule has 0 unspecified atom stereocenters. The zero-order chi connectivity index (χ0) is 29.1. The number of imide groups is 2. The van der Waals surface area contributed by atoms with Crippen molar-refractivity contribution in [3.05, 3.63) is 86.9 Å². The van der Waals surface area contributed by atoms with Crippen LogP contribution in [0.15, 0.2) is 54.1 Å². The maximum Gasteiger partial charge on any atom is 0.335 e. The summed E-state index contributed by atoms with van der Waals surface area (Å²) >= 11 is 6.46. The molecule has 1 aliphatic heterocycles. The van der Waals surface area contributed by atoms with E-state index in [1.807, 2.05) is 39.8 Å². The number of carbonyl (C=O) groups is 4. The lowest BCUT2D eigenvalue weighted by atomic mass is 10.0. The van der Waals surface area contributed by atoms with E-state index < -0.39 is 23.8 Å². The van der Waals surface area contributed by atoms with Crippen molar-refractivity contribution in [1.82, 2.24) is 5.32 Å². The van der Waals surface area contributed by atoms with Crippen molar-refractivity contribution in [2.75, 3.05) is 23.9 Å². The fourth-order valence-corrected chi connectivity index (χ4v) is 4.37. The van der Waals surface area contributed by atoms with E-state index in [2.05, 4.69) is 10.6 Å². The van der Waals surface area contributed by atoms with Gasteiger partial charge in [0, 0.05) is 5.69 Å². The molecule has 40 heavy (non-hydrogen) atoms. The number of hydrogen-bond donors (Lipinski definition) is 2. The lowest BCUT2D eigenvalue weighted by Gasteiger charge is -2.27. The molecule has 0 aromatic heterocycles. The lowest BCUT2D eigenvalue weighted by molar-refractivity contribution is -0.122. The van der Waals surface area contributed by atoms with Gasteiger partial charge in [-0.2, -0.15) is 0 Å². The third-order valence-electron chi connectivity index (χ3n) is 6.64. The molecule has 0 bridgehead atoms. The molecule has 0 atom stereocenters. The largest absolute Gasteiger partial charge is 0.493 e. The standard InChI is InChI=1S/C30H28ClN3O6/c1-16-9-10-21(11-18(16)3)34-29(37)22(28(36)33-30(34)38)12-20-13-23(31)27(25(14-20)39-5)40-15-26(35)32-24-8-6-7-17(2)19(24)4/h6-14H,15H2,1-5H3,(H,32,35)(H,33,36,38)/b22-12-. The Labute approximate surface area is 236 Å². The first kappa shape index (κ1) is 28.4. The Bertz CT molecular complexity index is 1580. The average molecular weight is 562 g/mol. The molecule has 1 aliphatic rings. The van der Waals surface area contributed by atoms with Crippen molar-refractivity contribution in [2.24, 2.45) is 0 Å². The first-order valence-electron chi connectivity index (χ1n) is 12.3. The molecule has 0 aliphatic carbocycles. The summed E-state index contributed by atoms with van der Waals surface area (Å²) in [4.78, 5) is 51.9. The number of nitrogens with zero attached hydrogens (tertiary/aromatic N) is 1. The minimum absolute atomic E-state index is 0.0940. The van der Waals surface area contributed by atoms with E-state index in [4.69, 9.17) is 21.1 Å². The monoisotopic (exact) mass is 561 g/mol. The second kappa shape index (κ2) is 11.6. The number of aryl methyl sites for hydroxylation is 3. The summed E-state index contributed by atoms with van der Waals surface area (Å²) in [5, 5.41) is 5.11. The Morgan fingerprint density at radius 2 is 1.75 bits per heavy atom. The average Bonchev–Trinajstić information content (AvgIpc) is 2.90. The molecule has 0 saturated carbocycles. The molecular formula is C30H28ClN3O6. The number of barbiturate groups is 1. The van der Waals surface area contributed by atoms with E-state index in [-0.39, 0.29) is 28.7 Å². The SMILES string of the molecule is COc1cc(/C=C2/C(=O)NC(=O)N(c3ccc(C)c(C)c3)C2=O)cc(Cl)c1OCC(=O)Nc1cccc(C)c1C. The number of methoxy groups -OCH3 is 1. The Morgan fingerprint density at radius 3 is 2.45 bits per heavy atom. The van der Waals surface area contributed by atoms with Gasteiger partial charge in [-0.1, -0.05) is 29.8 Å². The normalized spacial score (nSPS) is 14.3. The van der Waals surface area contributed by atoms with Gasteiger partial charge in [-0.3, -0.25) is 19.7 Å². The number of ether oxygens (including phenoxy) is 2. The van der Waals surface area contributed by atoms with Crippen molar-refractivity contribution >= 4 is 52.8 Å². The van der Waals surface area contributed by atoms with Gasteiger partial charge in [0.1, 0.15) is 5.57 Å². The van der Waals surface area contributed by atoms with Gasteiger partial charge in [-0.25, -0.2) is 9.69 Å². The first-order chi connectivity index (χ1) is 19.0. The zero-order valence-corrected chi connectivity index (χ0v) is 23.4. The Morgan fingerprint density at radius 1 is 1.00 bits per heavy atom. The zero-order valence-electron chi connectivity index (χ0n) is 22.7. The number of anilines is 2. The third kappa shape index (κ3) is 5.84. The molecule has 3 aromatic carbocycles. The molecule has 1 fully saturated rings. The number of halogens is 1. The fourth-order valence-electron chi connectivity index (χ4n) is 4.10. The Kier molecular flexibility index (Phi) is 8.25. The summed E-state index contributed by atoms with van der Waals surface area (Å²) < 4.78 is 11.1. The molecule has 206 valence electrons. The van der Waals surface area contributed by atoms with Crippen LogP contribution in [-0.2, 0) is 14.4 Å². The molecule has 3 aromatic rings. The van der Waals surface area contributed by atoms with E-state index in [9.17, 15) is 19.2 Å². The van der Waals surface area contributed by atoms with Gasteiger partial charge in [0.15, 0.2) is 18.1 Å². The highest BCUT2D eigenvalue weighted by atomic mass is 35.5. The Balaban J connectivity index is 1.57. The molecule has 1 saturated heterocycles. The van der Waals surface area contributed by atoms with Crippen LogP contribution in [0.5, 0.6) is 11.5 Å². The van der Waals surface area contributed by atoms with E-state index in [0.29, 0.717) is 16.9 Å². The maximum absolute atomic E-state index is 13.3. The minimum atomic E-state index is -0.839. The van der Waals surface area contributed by atoms with Crippen LogP contribution in [0, 0.1) is 27.7 Å². The molecule has 10 heteroatoms. The number of amides is 5. The van der Waals surface area contributed by atoms with E-state index in [1.165, 1.54) is 25.3 Å². The number of carbonyl (C=O) groups excluding carboxylic acids is 4. The minimum Gasteiger partial charge on any atom is -0.493 e. The van der Waals surface area contributed by atoms with Crippen LogP contribution in [0.1, 0.15) is 27.8 Å². The molecule has 4 rings (SSSR count). The third-order valence-corrected chi connectivity index (χ3v) is 6.92. The highest BCUT2D eigenvalue weighted by molar-refractivity contribution is 6.39. The van der Waals surface area contributed by atoms with Crippen molar-refractivity contribution in [3.8, 4) is 11.5 Å². The smallest absolute Gasteiger partial charge is 0.335 e. The molecule has 0 spiro atoms. The second-order valence-electron chi connectivity index (χ2n) is 9.34. The number of hydrogen-bond acceptors (Lipinski definition) is 6. The van der Waals surface area contributed by atoms with Crippen LogP contribution in [0.2, 0.25) is 5.02 Å². The summed E-state index contributed by atoms with van der Waals surface area (Å²) in [6.45, 7) is 7.30. The molecule has 2 N–H and O–H groups in total. The van der Waals surface area contributed by atoms with Crippen molar-refractivity contribution in [2.45, 2.75) is 27.7 Å². The fraction of sp³-hybridized carbons (Fsp3) is 0.200. The van der Waals surface area contributed by atoms with Crippen LogP contribution >= 0.6 is 11.6 Å². The topological polar surface area (TPSA) is 114 Å². The number of nitrogens with one attached hydrogen (secondary N) is 2. The predicted molar refractivity (Wildman–Crippen MR) is 153 cm³/mol. The van der Waals surface area contributed by atoms with Gasteiger partial charge < -0.3 is 14.8 Å². The van der Waals surface area contributed by atoms with Crippen LogP contribution in [0.25, 0.3) is 6.08 Å². The van der Waals surface area contributed by atoms with Crippen molar-refractivity contribution in [3.63, 3.8) is 0 Å². The summed E-state index contributed by atoms with van der Waals surface area (Å²) in [6, 6.07) is 12.9. The van der Waals surface area contributed by atoms with E-state index in [0.717, 1.165) is 27.2 Å². The Hall–Kier alpha value is -4.63. The molecule has 0 radical (unpaired) electrons. The number of benzene rings is 3. The summed E-state index contributed by atoms with van der Waals surface area (Å²) in [6.07, 6.45) is 1.31. The number of urea groups is 1. The van der Waals surface area contributed by atoms with Crippen LogP contribution in [0.4, 0.5) is 16.2 Å². The van der Waals surface area contributed by atoms with E-state index >= 15 is 0 Å². The van der Waals surface area contributed by atoms with Gasteiger partial charge in [0.05, 0.1) is 17.8 Å². The van der Waals surface area contributed by atoms with Crippen molar-refractivity contribution < 1.29 is 28.7 Å². The quantitative estimate of drug-likeness (QED) is 0.300. The first-order valence-corrected chi connectivity index (χ1v) is 12.7. The van der Waals surface area contributed by atoms with Crippen LogP contribution in [0.3, 0.4) is 0 Å². The van der Waals surface area contributed by atoms with Crippen LogP contribution < -0.4 is 25.0 Å². The molecular weight excluding hydrogens is 534 g/mol. The van der Waals surface area contributed by atoms with Gasteiger partial charge >= 0.3 is 6.03 Å². The van der Waals surface area contributed by atoms with Gasteiger partial charge in [-0.05, 0) is 91.9 Å². The van der Waals surface area contributed by atoms with Gasteiger partial charge in [0.25, 0.3) is 17.7 Å².